The predicted molar refractivity (Wildman–Crippen MR) is 69.3 cm³/mol. The van der Waals surface area contributed by atoms with Crippen molar-refractivity contribution in [3.8, 4) is 5.75 Å². The predicted octanol–water partition coefficient (Wildman–Crippen LogP) is 2.63. The van der Waals surface area contributed by atoms with Gasteiger partial charge in [0.05, 0.1) is 19.6 Å². The molecule has 0 fully saturated rings. The minimum absolute atomic E-state index is 0.0982. The lowest BCUT2D eigenvalue weighted by Gasteiger charge is -2.06. The van der Waals surface area contributed by atoms with Gasteiger partial charge in [0.15, 0.2) is 0 Å². The average molecular weight is 254 g/mol. The summed E-state index contributed by atoms with van der Waals surface area (Å²) >= 11 is 5.53. The van der Waals surface area contributed by atoms with Crippen molar-refractivity contribution in [2.75, 3.05) is 13.2 Å². The first-order valence-electron chi connectivity index (χ1n) is 5.37. The quantitative estimate of drug-likeness (QED) is 0.846. The van der Waals surface area contributed by atoms with Crippen LogP contribution in [0.25, 0.3) is 0 Å². The number of carbonyl (C=O) groups excluding carboxylic acids is 1. The normalized spacial score (nSPS) is 9.76. The molecule has 1 aromatic carbocycles. The molecule has 0 saturated heterocycles. The van der Waals surface area contributed by atoms with E-state index in [2.05, 4.69) is 11.9 Å². The van der Waals surface area contributed by atoms with E-state index in [1.165, 1.54) is 5.56 Å². The Bertz CT molecular complexity index is 387. The lowest BCUT2D eigenvalue weighted by atomic mass is 10.2. The summed E-state index contributed by atoms with van der Waals surface area (Å²) in [5, 5.41) is 3.04. The highest BCUT2D eigenvalue weighted by molar-refractivity contribution is 6.29. The van der Waals surface area contributed by atoms with Crippen molar-refractivity contribution in [3.63, 3.8) is 0 Å². The Morgan fingerprint density at radius 2 is 2.06 bits per heavy atom. The molecule has 0 aliphatic heterocycles. The van der Waals surface area contributed by atoms with Crippen LogP contribution in [0.2, 0.25) is 0 Å². The summed E-state index contributed by atoms with van der Waals surface area (Å²) in [5.41, 5.74) is 1.18. The average Bonchev–Trinajstić information content (AvgIpc) is 2.29. The van der Waals surface area contributed by atoms with Crippen molar-refractivity contribution in [1.82, 2.24) is 5.32 Å². The first-order valence-corrected chi connectivity index (χ1v) is 5.75. The Kier molecular flexibility index (Phi) is 5.57. The second-order valence-electron chi connectivity index (χ2n) is 3.71. The molecule has 0 radical (unpaired) electrons. The molecule has 0 unspecified atom stereocenters. The van der Waals surface area contributed by atoms with Crippen LogP contribution in [0.5, 0.6) is 5.75 Å². The number of nitrogens with one attached hydrogen (secondary N) is 1. The second kappa shape index (κ2) is 6.97. The van der Waals surface area contributed by atoms with E-state index >= 15 is 0 Å². The molecule has 1 rings (SSSR count). The van der Waals surface area contributed by atoms with Crippen LogP contribution < -0.4 is 10.1 Å². The number of aryl methyl sites for hydroxylation is 1. The zero-order valence-electron chi connectivity index (χ0n) is 9.83. The van der Waals surface area contributed by atoms with Gasteiger partial charge in [-0.15, -0.1) is 0 Å². The number of benzene rings is 1. The van der Waals surface area contributed by atoms with Crippen LogP contribution in [-0.2, 0) is 4.79 Å². The lowest BCUT2D eigenvalue weighted by molar-refractivity contribution is -0.121. The summed E-state index contributed by atoms with van der Waals surface area (Å²) < 4.78 is 5.42. The van der Waals surface area contributed by atoms with Crippen LogP contribution in [0.3, 0.4) is 0 Å². The molecule has 0 saturated carbocycles. The molecule has 0 heterocycles. The number of hydrogen-bond donors (Lipinski definition) is 1. The van der Waals surface area contributed by atoms with Crippen LogP contribution in [0.1, 0.15) is 12.0 Å². The van der Waals surface area contributed by atoms with Gasteiger partial charge in [-0.25, -0.2) is 0 Å². The van der Waals surface area contributed by atoms with Gasteiger partial charge in [0, 0.05) is 5.03 Å². The zero-order chi connectivity index (χ0) is 12.7. The van der Waals surface area contributed by atoms with Gasteiger partial charge in [-0.1, -0.05) is 35.9 Å². The topological polar surface area (TPSA) is 38.3 Å². The van der Waals surface area contributed by atoms with Gasteiger partial charge in [0.25, 0.3) is 0 Å². The number of hydrogen-bond acceptors (Lipinski definition) is 2. The Balaban J connectivity index is 2.21. The van der Waals surface area contributed by atoms with Crippen LogP contribution in [0.15, 0.2) is 35.9 Å². The van der Waals surface area contributed by atoms with E-state index in [4.69, 9.17) is 16.3 Å². The number of rotatable bonds is 6. The molecule has 17 heavy (non-hydrogen) atoms. The van der Waals surface area contributed by atoms with Gasteiger partial charge in [-0.2, -0.15) is 0 Å². The first-order chi connectivity index (χ1) is 8.08. The van der Waals surface area contributed by atoms with Gasteiger partial charge in [-0.3, -0.25) is 4.79 Å². The summed E-state index contributed by atoms with van der Waals surface area (Å²) in [4.78, 5) is 11.3. The third kappa shape index (κ3) is 5.97. The number of carbonyl (C=O) groups is 1. The van der Waals surface area contributed by atoms with Crippen LogP contribution in [0, 0.1) is 6.92 Å². The Labute approximate surface area is 106 Å². The van der Waals surface area contributed by atoms with E-state index in [1.807, 2.05) is 31.2 Å². The van der Waals surface area contributed by atoms with Crippen molar-refractivity contribution in [2.45, 2.75) is 13.3 Å². The smallest absolute Gasteiger partial charge is 0.223 e. The van der Waals surface area contributed by atoms with Gasteiger partial charge < -0.3 is 10.1 Å². The summed E-state index contributed by atoms with van der Waals surface area (Å²) in [6.45, 7) is 6.14. The molecule has 0 aromatic heterocycles. The van der Waals surface area contributed by atoms with Crippen LogP contribution >= 0.6 is 11.6 Å². The number of halogens is 1. The monoisotopic (exact) mass is 253 g/mol. The Hall–Kier alpha value is -1.48. The molecule has 0 aliphatic carbocycles. The molecule has 3 nitrogen and oxygen atoms in total. The third-order valence-electron chi connectivity index (χ3n) is 2.10. The maximum Gasteiger partial charge on any atom is 0.223 e. The lowest BCUT2D eigenvalue weighted by Crippen LogP contribution is -2.25. The second-order valence-corrected chi connectivity index (χ2v) is 4.24. The zero-order valence-corrected chi connectivity index (χ0v) is 10.6. The van der Waals surface area contributed by atoms with Gasteiger partial charge >= 0.3 is 0 Å². The molecule has 1 amide bonds. The van der Waals surface area contributed by atoms with E-state index in [-0.39, 0.29) is 5.91 Å². The molecule has 0 aliphatic rings. The maximum absolute atomic E-state index is 11.3. The van der Waals surface area contributed by atoms with Gasteiger partial charge in [0.2, 0.25) is 5.91 Å². The number of amides is 1. The van der Waals surface area contributed by atoms with E-state index < -0.39 is 0 Å². The summed E-state index contributed by atoms with van der Waals surface area (Å²) in [6, 6.07) is 7.70. The molecular formula is C13H16ClNO2. The van der Waals surface area contributed by atoms with E-state index in [0.717, 1.165) is 5.75 Å². The Morgan fingerprint density at radius 3 is 2.65 bits per heavy atom. The molecule has 1 aromatic rings. The fourth-order valence-corrected chi connectivity index (χ4v) is 1.25. The van der Waals surface area contributed by atoms with Crippen molar-refractivity contribution in [1.29, 1.82) is 0 Å². The van der Waals surface area contributed by atoms with Gasteiger partial charge in [0.1, 0.15) is 5.75 Å². The van der Waals surface area contributed by atoms with Crippen molar-refractivity contribution >= 4 is 17.5 Å². The highest BCUT2D eigenvalue weighted by Gasteiger charge is 2.01. The summed E-state index contributed by atoms with van der Waals surface area (Å²) in [5.74, 6) is 0.670. The minimum Gasteiger partial charge on any atom is -0.493 e. The van der Waals surface area contributed by atoms with Crippen molar-refractivity contribution in [2.24, 2.45) is 0 Å². The summed E-state index contributed by atoms with van der Waals surface area (Å²) in [7, 11) is 0. The molecule has 0 bridgehead atoms. The van der Waals surface area contributed by atoms with Crippen LogP contribution in [0.4, 0.5) is 0 Å². The Morgan fingerprint density at radius 1 is 1.41 bits per heavy atom. The largest absolute Gasteiger partial charge is 0.493 e. The molecule has 0 spiro atoms. The highest BCUT2D eigenvalue weighted by atomic mass is 35.5. The van der Waals surface area contributed by atoms with E-state index in [9.17, 15) is 4.79 Å². The number of ether oxygens (including phenoxy) is 1. The van der Waals surface area contributed by atoms with Crippen molar-refractivity contribution in [3.05, 3.63) is 41.4 Å². The fourth-order valence-electron chi connectivity index (χ4n) is 1.18. The molecule has 4 heteroatoms. The molecular weight excluding hydrogens is 238 g/mol. The fraction of sp³-hybridized carbons (Fsp3) is 0.308. The van der Waals surface area contributed by atoms with Crippen molar-refractivity contribution < 1.29 is 9.53 Å². The SMILES string of the molecule is C=C(Cl)CNC(=O)CCOc1ccc(C)cc1. The third-order valence-corrected chi connectivity index (χ3v) is 2.23. The van der Waals surface area contributed by atoms with Gasteiger partial charge in [-0.05, 0) is 19.1 Å². The molecule has 1 N–H and O–H groups in total. The minimum atomic E-state index is -0.0982. The molecule has 92 valence electrons. The highest BCUT2D eigenvalue weighted by Crippen LogP contribution is 2.11. The standard InChI is InChI=1S/C13H16ClNO2/c1-10-3-5-12(6-4-10)17-8-7-13(16)15-9-11(2)14/h3-6H,2,7-9H2,1H3,(H,15,16). The van der Waals surface area contributed by atoms with Crippen LogP contribution in [-0.4, -0.2) is 19.1 Å². The summed E-state index contributed by atoms with van der Waals surface area (Å²) in [6.07, 6.45) is 0.304. The molecule has 0 atom stereocenters. The van der Waals surface area contributed by atoms with E-state index in [0.29, 0.717) is 24.6 Å². The first kappa shape index (κ1) is 13.6. The maximum atomic E-state index is 11.3. The van der Waals surface area contributed by atoms with E-state index in [1.54, 1.807) is 0 Å².